The first-order chi connectivity index (χ1) is 29.3. The molecule has 60 heavy (non-hydrogen) atoms. The fourth-order valence-corrected chi connectivity index (χ4v) is 21.0. The second kappa shape index (κ2) is 15.8. The molecule has 330 valence electrons. The van der Waals surface area contributed by atoms with Crippen molar-refractivity contribution in [2.45, 2.75) is 207 Å². The van der Waals surface area contributed by atoms with Crippen LogP contribution in [0.4, 0.5) is 0 Å². The van der Waals surface area contributed by atoms with Crippen molar-refractivity contribution in [2.75, 3.05) is 0 Å². The summed E-state index contributed by atoms with van der Waals surface area (Å²) in [7, 11) is 0. The fourth-order valence-electron chi connectivity index (χ4n) is 21.0. The number of piperidine rings is 1. The van der Waals surface area contributed by atoms with E-state index in [2.05, 4.69) is 63.4 Å². The Morgan fingerprint density at radius 3 is 2.38 bits per heavy atom. The maximum atomic E-state index is 4.42. The molecule has 0 aromatic rings. The van der Waals surface area contributed by atoms with E-state index in [-0.39, 0.29) is 0 Å². The van der Waals surface area contributed by atoms with Crippen LogP contribution in [0.1, 0.15) is 195 Å². The van der Waals surface area contributed by atoms with Crippen molar-refractivity contribution in [1.29, 1.82) is 0 Å². The first kappa shape index (κ1) is 40.4. The van der Waals surface area contributed by atoms with Gasteiger partial charge in [0, 0.05) is 12.1 Å². The Hall–Kier alpha value is -1.08. The summed E-state index contributed by atoms with van der Waals surface area (Å²) in [6.45, 7) is 10.7. The summed E-state index contributed by atoms with van der Waals surface area (Å²) in [5.74, 6) is 16.4. The normalized spacial score (nSPS) is 50.9. The molecule has 0 aromatic carbocycles. The molecular formula is C59H89N. The van der Waals surface area contributed by atoms with Crippen LogP contribution in [-0.4, -0.2) is 12.1 Å². The third-order valence-corrected chi connectivity index (χ3v) is 23.6. The second-order valence-electron chi connectivity index (χ2n) is 25.9. The SMILES string of the molecule is CCCCC1CC1C1CC(C2C=CC3=C(C2)C[C@H]2CC(C4CCC5C6C7C8CCCCC8C8(CCCCC8)C7CCC6C(C)(C)C5C4)=CCC32)C(C)C(C2CC=CCC2)N1. The van der Waals surface area contributed by atoms with Gasteiger partial charge in [-0.3, -0.25) is 0 Å². The number of nitrogens with one attached hydrogen (secondary N) is 1. The minimum Gasteiger partial charge on any atom is -0.310 e. The van der Waals surface area contributed by atoms with Crippen LogP contribution in [0, 0.1) is 111 Å². The maximum absolute atomic E-state index is 4.42. The van der Waals surface area contributed by atoms with Crippen LogP contribution in [0.3, 0.4) is 0 Å². The third-order valence-electron chi connectivity index (χ3n) is 23.6. The highest BCUT2D eigenvalue weighted by Gasteiger charge is 2.68. The minimum atomic E-state index is 0.546. The van der Waals surface area contributed by atoms with Gasteiger partial charge in [0.1, 0.15) is 0 Å². The molecule has 8 fully saturated rings. The maximum Gasteiger partial charge on any atom is 0.0130 e. The van der Waals surface area contributed by atoms with Crippen LogP contribution in [0.5, 0.6) is 0 Å². The van der Waals surface area contributed by atoms with Gasteiger partial charge in [0.2, 0.25) is 0 Å². The Morgan fingerprint density at radius 2 is 1.53 bits per heavy atom. The zero-order chi connectivity index (χ0) is 40.3. The molecule has 1 N–H and O–H groups in total. The number of hydrogen-bond donors (Lipinski definition) is 1. The van der Waals surface area contributed by atoms with E-state index in [0.29, 0.717) is 11.5 Å². The van der Waals surface area contributed by atoms with Gasteiger partial charge in [-0.2, -0.15) is 0 Å². The van der Waals surface area contributed by atoms with Gasteiger partial charge >= 0.3 is 0 Å². The minimum absolute atomic E-state index is 0.546. The summed E-state index contributed by atoms with van der Waals surface area (Å²) in [4.78, 5) is 0. The highest BCUT2D eigenvalue weighted by atomic mass is 15.0. The molecule has 18 unspecified atom stereocenters. The first-order valence-electron chi connectivity index (χ1n) is 27.8. The van der Waals surface area contributed by atoms with Gasteiger partial charge < -0.3 is 5.32 Å². The van der Waals surface area contributed by atoms with Crippen molar-refractivity contribution in [3.8, 4) is 0 Å². The van der Waals surface area contributed by atoms with Crippen molar-refractivity contribution in [3.05, 3.63) is 47.1 Å². The van der Waals surface area contributed by atoms with Gasteiger partial charge in [-0.1, -0.05) is 121 Å². The molecule has 0 aromatic heterocycles. The number of fused-ring (bicyclic) bond motifs is 11. The lowest BCUT2D eigenvalue weighted by atomic mass is 9.55. The lowest BCUT2D eigenvalue weighted by Gasteiger charge is -2.49. The lowest BCUT2D eigenvalue weighted by molar-refractivity contribution is -0.00619. The Balaban J connectivity index is 0.719. The Morgan fingerprint density at radius 1 is 0.700 bits per heavy atom. The molecule has 1 heteroatoms. The molecule has 0 bridgehead atoms. The highest BCUT2D eigenvalue weighted by molar-refractivity contribution is 5.40. The molecule has 1 nitrogen and oxygen atoms in total. The van der Waals surface area contributed by atoms with E-state index in [9.17, 15) is 0 Å². The molecule has 12 rings (SSSR count). The zero-order valence-electron chi connectivity index (χ0n) is 39.2. The van der Waals surface area contributed by atoms with Gasteiger partial charge in [-0.05, 0) is 233 Å². The summed E-state index contributed by atoms with van der Waals surface area (Å²) in [5, 5.41) is 4.42. The van der Waals surface area contributed by atoms with Crippen LogP contribution in [-0.2, 0) is 0 Å². The highest BCUT2D eigenvalue weighted by Crippen LogP contribution is 2.75. The van der Waals surface area contributed by atoms with E-state index in [1.165, 1.54) is 89.9 Å². The van der Waals surface area contributed by atoms with E-state index < -0.39 is 0 Å². The van der Waals surface area contributed by atoms with Crippen molar-refractivity contribution in [1.82, 2.24) is 5.32 Å². The molecule has 19 atom stereocenters. The van der Waals surface area contributed by atoms with Gasteiger partial charge in [-0.25, -0.2) is 0 Å². The van der Waals surface area contributed by atoms with Crippen LogP contribution in [0.15, 0.2) is 47.1 Å². The van der Waals surface area contributed by atoms with Crippen molar-refractivity contribution in [3.63, 3.8) is 0 Å². The summed E-state index contributed by atoms with van der Waals surface area (Å²) in [6.07, 6.45) is 52.3. The van der Waals surface area contributed by atoms with Crippen molar-refractivity contribution in [2.24, 2.45) is 111 Å². The average molecular weight is 812 g/mol. The standard InChI is InChI=1S/C59H89N/c1-5-6-15-40-33-49(40)54-35-48(36(2)57(60-54)37-16-9-7-10-17-37)41-22-24-45-43(31-41)32-42-30-38(20-23-44(42)45)39-21-25-47-53(34-39)58(3,4)51-26-27-52-56(55(47)51)46-18-11-12-19-50(46)59(52)28-13-8-14-29-59/h7,9,20,22,24,36-37,39-42,44,46-57,60H,5-6,8,10-19,21,23,25-35H2,1-4H3/t36?,37?,39?,40?,41?,42-,44?,46?,47?,48?,49?,50?,51?,52?,53?,54?,55?,56?,57?/m1/s1. The van der Waals surface area contributed by atoms with Gasteiger partial charge in [-0.15, -0.1) is 0 Å². The van der Waals surface area contributed by atoms with Crippen LogP contribution < -0.4 is 5.32 Å². The molecule has 12 aliphatic rings. The smallest absolute Gasteiger partial charge is 0.0130 e. The Bertz CT molecular complexity index is 1710. The van der Waals surface area contributed by atoms with E-state index >= 15 is 0 Å². The molecular weight excluding hydrogens is 723 g/mol. The topological polar surface area (TPSA) is 12.0 Å². The molecule has 0 amide bonds. The van der Waals surface area contributed by atoms with Crippen molar-refractivity contribution < 1.29 is 0 Å². The third kappa shape index (κ3) is 6.47. The van der Waals surface area contributed by atoms with Crippen LogP contribution in [0.2, 0.25) is 0 Å². The Kier molecular flexibility index (Phi) is 10.7. The van der Waals surface area contributed by atoms with Crippen LogP contribution in [0.25, 0.3) is 0 Å². The van der Waals surface area contributed by atoms with Gasteiger partial charge in [0.05, 0.1) is 0 Å². The molecule has 0 radical (unpaired) electrons. The van der Waals surface area contributed by atoms with Crippen LogP contribution >= 0.6 is 0 Å². The number of allylic oxidation sites excluding steroid dienone is 8. The second-order valence-corrected chi connectivity index (χ2v) is 25.9. The molecule has 1 spiro atoms. The summed E-state index contributed by atoms with van der Waals surface area (Å²) in [6, 6.07) is 1.49. The quantitative estimate of drug-likeness (QED) is 0.253. The lowest BCUT2D eigenvalue weighted by Crippen LogP contribution is -2.56. The average Bonchev–Trinajstić information content (AvgIpc) is 3.83. The molecule has 7 saturated carbocycles. The predicted octanol–water partition coefficient (Wildman–Crippen LogP) is 15.5. The number of hydrogen-bond acceptors (Lipinski definition) is 1. The summed E-state index contributed by atoms with van der Waals surface area (Å²) < 4.78 is 0. The molecule has 11 aliphatic carbocycles. The monoisotopic (exact) mass is 812 g/mol. The fraction of sp³-hybridized carbons (Fsp3) is 0.864. The van der Waals surface area contributed by atoms with E-state index in [1.807, 2.05) is 16.7 Å². The predicted molar refractivity (Wildman–Crippen MR) is 251 cm³/mol. The van der Waals surface area contributed by atoms with E-state index in [1.54, 1.807) is 77.0 Å². The summed E-state index contributed by atoms with van der Waals surface area (Å²) in [5.41, 5.74) is 7.02. The van der Waals surface area contributed by atoms with E-state index in [4.69, 9.17) is 0 Å². The zero-order valence-corrected chi connectivity index (χ0v) is 39.2. The van der Waals surface area contributed by atoms with Gasteiger partial charge in [0.15, 0.2) is 0 Å². The molecule has 1 heterocycles. The van der Waals surface area contributed by atoms with Gasteiger partial charge in [0.25, 0.3) is 0 Å². The number of unbranched alkanes of at least 4 members (excludes halogenated alkanes) is 1. The Labute approximate surface area is 369 Å². The molecule has 1 saturated heterocycles. The number of rotatable bonds is 7. The summed E-state index contributed by atoms with van der Waals surface area (Å²) >= 11 is 0. The van der Waals surface area contributed by atoms with Crippen molar-refractivity contribution >= 4 is 0 Å². The first-order valence-corrected chi connectivity index (χ1v) is 27.8. The van der Waals surface area contributed by atoms with E-state index in [0.717, 1.165) is 112 Å². The molecule has 1 aliphatic heterocycles. The largest absolute Gasteiger partial charge is 0.310 e.